The van der Waals surface area contributed by atoms with Crippen molar-refractivity contribution in [3.63, 3.8) is 0 Å². The molecule has 0 aromatic heterocycles. The molecule has 4 heteroatoms. The van der Waals surface area contributed by atoms with Crippen LogP contribution in [0, 0.1) is 0 Å². The average Bonchev–Trinajstić information content (AvgIpc) is 2.64. The maximum Gasteiger partial charge on any atom is 0.220 e. The first kappa shape index (κ1) is 24.6. The summed E-state index contributed by atoms with van der Waals surface area (Å²) in [4.78, 5) is 11.6. The van der Waals surface area contributed by atoms with Crippen molar-refractivity contribution >= 4 is 5.91 Å². The number of allylic oxidation sites excluding steroid dienone is 6. The van der Waals surface area contributed by atoms with Gasteiger partial charge in [-0.15, -0.1) is 0 Å². The molecule has 26 heavy (non-hydrogen) atoms. The lowest BCUT2D eigenvalue weighted by Gasteiger charge is -2.06. The Balaban J connectivity index is 3.29. The number of unbranched alkanes of at least 4 members (excludes halogenated alkanes) is 5. The Morgan fingerprint density at radius 3 is 2.19 bits per heavy atom. The minimum absolute atomic E-state index is 0.136. The maximum absolute atomic E-state index is 11.6. The molecule has 1 amide bonds. The third-order valence-corrected chi connectivity index (χ3v) is 3.97. The maximum atomic E-state index is 11.6. The van der Waals surface area contributed by atoms with Crippen LogP contribution in [0.1, 0.15) is 71.1 Å². The number of hydrogen-bond acceptors (Lipinski definition) is 3. The predicted octanol–water partition coefficient (Wildman–Crippen LogP) is 4.27. The molecule has 0 saturated carbocycles. The summed E-state index contributed by atoms with van der Waals surface area (Å²) in [5.74, 6) is 0.136. The van der Waals surface area contributed by atoms with E-state index < -0.39 is 0 Å². The van der Waals surface area contributed by atoms with Crippen LogP contribution in [0.4, 0.5) is 0 Å². The van der Waals surface area contributed by atoms with Gasteiger partial charge in [-0.2, -0.15) is 0 Å². The van der Waals surface area contributed by atoms with Crippen molar-refractivity contribution in [1.29, 1.82) is 0 Å². The second-order valence-corrected chi connectivity index (χ2v) is 6.42. The molecule has 0 heterocycles. The summed E-state index contributed by atoms with van der Waals surface area (Å²) in [5.41, 5.74) is 0. The fourth-order valence-electron chi connectivity index (χ4n) is 2.49. The van der Waals surface area contributed by atoms with Gasteiger partial charge in [0.05, 0.1) is 6.61 Å². The number of carbonyl (C=O) groups excluding carboxylic acids is 1. The Kier molecular flexibility index (Phi) is 20.5. The van der Waals surface area contributed by atoms with Gasteiger partial charge in [0.2, 0.25) is 5.91 Å². The molecule has 0 aliphatic heterocycles. The zero-order valence-electron chi connectivity index (χ0n) is 16.7. The van der Waals surface area contributed by atoms with Gasteiger partial charge in [-0.05, 0) is 38.5 Å². The lowest BCUT2D eigenvalue weighted by atomic mass is 10.1. The number of aliphatic hydroxyl groups excluding tert-OH is 1. The number of aliphatic hydroxyl groups is 1. The van der Waals surface area contributed by atoms with Crippen molar-refractivity contribution in [2.45, 2.75) is 71.1 Å². The second kappa shape index (κ2) is 21.7. The summed E-state index contributed by atoms with van der Waals surface area (Å²) >= 11 is 0. The minimum Gasteiger partial charge on any atom is -0.395 e. The Hall–Kier alpha value is -1.39. The van der Waals surface area contributed by atoms with Crippen LogP contribution in [0.25, 0.3) is 0 Å². The van der Waals surface area contributed by atoms with Gasteiger partial charge in [0.25, 0.3) is 0 Å². The van der Waals surface area contributed by atoms with Crippen LogP contribution in [0.15, 0.2) is 36.5 Å². The molecule has 0 unspecified atom stereocenters. The molecule has 0 saturated heterocycles. The van der Waals surface area contributed by atoms with E-state index in [9.17, 15) is 4.79 Å². The third-order valence-electron chi connectivity index (χ3n) is 3.97. The first-order chi connectivity index (χ1) is 12.8. The summed E-state index contributed by atoms with van der Waals surface area (Å²) in [7, 11) is 0. The third kappa shape index (κ3) is 20.7. The molecule has 0 aromatic carbocycles. The highest BCUT2D eigenvalue weighted by atomic mass is 16.3. The summed E-state index contributed by atoms with van der Waals surface area (Å²) in [6.07, 6.45) is 24.2. The fourth-order valence-corrected chi connectivity index (χ4v) is 2.49. The number of carbonyl (C=O) groups is 1. The highest BCUT2D eigenvalue weighted by Crippen LogP contribution is 2.07. The molecule has 0 radical (unpaired) electrons. The number of amides is 1. The van der Waals surface area contributed by atoms with E-state index in [0.29, 0.717) is 26.1 Å². The van der Waals surface area contributed by atoms with Crippen LogP contribution in [0.5, 0.6) is 0 Å². The smallest absolute Gasteiger partial charge is 0.220 e. The Labute approximate surface area is 160 Å². The van der Waals surface area contributed by atoms with Crippen molar-refractivity contribution in [2.24, 2.45) is 0 Å². The highest BCUT2D eigenvalue weighted by Gasteiger charge is 1.99. The van der Waals surface area contributed by atoms with Crippen molar-refractivity contribution in [3.05, 3.63) is 36.5 Å². The molecule has 0 rings (SSSR count). The zero-order valence-corrected chi connectivity index (χ0v) is 16.7. The van der Waals surface area contributed by atoms with Crippen LogP contribution in [0.2, 0.25) is 0 Å². The van der Waals surface area contributed by atoms with Gasteiger partial charge in [0, 0.05) is 26.1 Å². The molecule has 0 atom stereocenters. The van der Waals surface area contributed by atoms with Crippen LogP contribution in [0.3, 0.4) is 0 Å². The van der Waals surface area contributed by atoms with Gasteiger partial charge in [0.1, 0.15) is 0 Å². The summed E-state index contributed by atoms with van der Waals surface area (Å²) in [6.45, 7) is 4.22. The predicted molar refractivity (Wildman–Crippen MR) is 112 cm³/mol. The Bertz CT molecular complexity index is 390. The molecular weight excluding hydrogens is 324 g/mol. The number of rotatable bonds is 18. The van der Waals surface area contributed by atoms with Crippen LogP contribution < -0.4 is 10.6 Å². The second-order valence-electron chi connectivity index (χ2n) is 6.42. The minimum atomic E-state index is 0.136. The first-order valence-corrected chi connectivity index (χ1v) is 10.3. The van der Waals surface area contributed by atoms with Crippen molar-refractivity contribution in [2.75, 3.05) is 26.2 Å². The summed E-state index contributed by atoms with van der Waals surface area (Å²) in [6, 6.07) is 0. The molecule has 0 aliphatic carbocycles. The van der Waals surface area contributed by atoms with E-state index in [2.05, 4.69) is 54.0 Å². The van der Waals surface area contributed by atoms with Crippen LogP contribution >= 0.6 is 0 Å². The van der Waals surface area contributed by atoms with Gasteiger partial charge >= 0.3 is 0 Å². The summed E-state index contributed by atoms with van der Waals surface area (Å²) in [5, 5.41) is 14.5. The average molecular weight is 365 g/mol. The van der Waals surface area contributed by atoms with Crippen LogP contribution in [-0.2, 0) is 4.79 Å². The monoisotopic (exact) mass is 364 g/mol. The quantitative estimate of drug-likeness (QED) is 0.251. The van der Waals surface area contributed by atoms with Gasteiger partial charge in [-0.25, -0.2) is 0 Å². The zero-order chi connectivity index (χ0) is 19.1. The normalized spacial score (nSPS) is 11.9. The van der Waals surface area contributed by atoms with Gasteiger partial charge in [0.15, 0.2) is 0 Å². The molecule has 3 N–H and O–H groups in total. The van der Waals surface area contributed by atoms with E-state index in [4.69, 9.17) is 5.11 Å². The highest BCUT2D eigenvalue weighted by molar-refractivity contribution is 5.75. The summed E-state index contributed by atoms with van der Waals surface area (Å²) < 4.78 is 0. The van der Waals surface area contributed by atoms with Crippen LogP contribution in [-0.4, -0.2) is 37.3 Å². The molecule has 150 valence electrons. The van der Waals surface area contributed by atoms with Gasteiger partial charge < -0.3 is 15.7 Å². The van der Waals surface area contributed by atoms with E-state index in [1.807, 2.05) is 0 Å². The van der Waals surface area contributed by atoms with Gasteiger partial charge in [-0.1, -0.05) is 62.6 Å². The number of hydrogen-bond donors (Lipinski definition) is 3. The molecule has 0 fully saturated rings. The van der Waals surface area contributed by atoms with Crippen molar-refractivity contribution in [1.82, 2.24) is 10.6 Å². The van der Waals surface area contributed by atoms with E-state index in [-0.39, 0.29) is 12.5 Å². The Morgan fingerprint density at radius 1 is 0.808 bits per heavy atom. The van der Waals surface area contributed by atoms with E-state index in [1.54, 1.807) is 0 Å². The lowest BCUT2D eigenvalue weighted by molar-refractivity contribution is -0.121. The molecule has 0 spiro atoms. The van der Waals surface area contributed by atoms with Crippen molar-refractivity contribution in [3.8, 4) is 0 Å². The standard InChI is InChI=1S/C22H40N2O2/c1-2-3-4-5-6-7-8-9-10-11-12-13-14-15-16-17-22(26)24-19-18-23-20-21-25/h3-4,6-7,9-10,23,25H,2,5,8,11-21H2,1H3,(H,24,26). The topological polar surface area (TPSA) is 61.4 Å². The molecule has 0 aromatic rings. The van der Waals surface area contributed by atoms with E-state index in [1.165, 1.54) is 19.3 Å². The molecule has 4 nitrogen and oxygen atoms in total. The molecule has 0 bridgehead atoms. The van der Waals surface area contributed by atoms with Gasteiger partial charge in [-0.3, -0.25) is 4.79 Å². The molecule has 0 aliphatic rings. The Morgan fingerprint density at radius 2 is 1.46 bits per heavy atom. The lowest BCUT2D eigenvalue weighted by Crippen LogP contribution is -2.32. The number of nitrogens with one attached hydrogen (secondary N) is 2. The molecular formula is C22H40N2O2. The fraction of sp³-hybridized carbons (Fsp3) is 0.682. The SMILES string of the molecule is CCC=CCC=CCC=CCCCCCCCC(=O)NCCNCCO. The first-order valence-electron chi connectivity index (χ1n) is 10.3. The largest absolute Gasteiger partial charge is 0.395 e. The van der Waals surface area contributed by atoms with E-state index >= 15 is 0 Å². The van der Waals surface area contributed by atoms with E-state index in [0.717, 1.165) is 38.5 Å². The van der Waals surface area contributed by atoms with Crippen molar-refractivity contribution < 1.29 is 9.90 Å².